The van der Waals surface area contributed by atoms with Gasteiger partial charge in [0.05, 0.1) is 0 Å². The Kier molecular flexibility index (Phi) is 8.94. The van der Waals surface area contributed by atoms with E-state index in [1.165, 1.54) is 19.4 Å². The van der Waals surface area contributed by atoms with Gasteiger partial charge in [0.15, 0.2) is 5.96 Å². The van der Waals surface area contributed by atoms with Crippen LogP contribution in [0.15, 0.2) is 4.99 Å². The minimum atomic E-state index is 0. The summed E-state index contributed by atoms with van der Waals surface area (Å²) in [6.07, 6.45) is 2.63. The first-order valence-electron chi connectivity index (χ1n) is 6.38. The molecule has 102 valence electrons. The Morgan fingerprint density at radius 2 is 2.18 bits per heavy atom. The largest absolute Gasteiger partial charge is 0.355 e. The van der Waals surface area contributed by atoms with Crippen molar-refractivity contribution in [3.05, 3.63) is 0 Å². The minimum Gasteiger partial charge on any atom is -0.355 e. The Morgan fingerprint density at radius 1 is 1.47 bits per heavy atom. The van der Waals surface area contributed by atoms with Gasteiger partial charge in [-0.1, -0.05) is 6.92 Å². The summed E-state index contributed by atoms with van der Waals surface area (Å²) < 4.78 is 0. The van der Waals surface area contributed by atoms with E-state index in [1.54, 1.807) is 0 Å². The Hall–Kier alpha value is -0.0400. The summed E-state index contributed by atoms with van der Waals surface area (Å²) in [4.78, 5) is 6.75. The summed E-state index contributed by atoms with van der Waals surface area (Å²) >= 11 is 0. The number of hydrogen-bond acceptors (Lipinski definition) is 2. The van der Waals surface area contributed by atoms with Gasteiger partial charge in [0.2, 0.25) is 0 Å². The number of guanidine groups is 1. The highest BCUT2D eigenvalue weighted by molar-refractivity contribution is 14.0. The van der Waals surface area contributed by atoms with Crippen LogP contribution in [0, 0.1) is 0 Å². The van der Waals surface area contributed by atoms with E-state index in [2.05, 4.69) is 41.3 Å². The average molecular weight is 354 g/mol. The SMILES string of the molecule is CCN1CCCC1CNC(=NC)NC(C)C.I. The number of halogens is 1. The van der Waals surface area contributed by atoms with Gasteiger partial charge in [0.25, 0.3) is 0 Å². The molecule has 0 amide bonds. The number of rotatable bonds is 4. The first kappa shape index (κ1) is 17.0. The van der Waals surface area contributed by atoms with Crippen molar-refractivity contribution >= 4 is 29.9 Å². The maximum absolute atomic E-state index is 4.22. The number of aliphatic imine (C=N–C) groups is 1. The molecule has 0 aromatic rings. The molecule has 0 radical (unpaired) electrons. The summed E-state index contributed by atoms with van der Waals surface area (Å²) in [6, 6.07) is 1.10. The second kappa shape index (κ2) is 8.97. The van der Waals surface area contributed by atoms with Crippen LogP contribution in [-0.2, 0) is 0 Å². The molecule has 1 unspecified atom stereocenters. The smallest absolute Gasteiger partial charge is 0.191 e. The van der Waals surface area contributed by atoms with Gasteiger partial charge in [0.1, 0.15) is 0 Å². The fourth-order valence-electron chi connectivity index (χ4n) is 2.23. The summed E-state index contributed by atoms with van der Waals surface area (Å²) in [5.74, 6) is 0.915. The lowest BCUT2D eigenvalue weighted by Gasteiger charge is -2.24. The first-order chi connectivity index (χ1) is 7.67. The van der Waals surface area contributed by atoms with Gasteiger partial charge >= 0.3 is 0 Å². The van der Waals surface area contributed by atoms with Crippen molar-refractivity contribution < 1.29 is 0 Å². The van der Waals surface area contributed by atoms with Crippen molar-refractivity contribution in [3.8, 4) is 0 Å². The molecule has 0 saturated carbocycles. The van der Waals surface area contributed by atoms with Crippen LogP contribution in [0.5, 0.6) is 0 Å². The molecule has 1 fully saturated rings. The van der Waals surface area contributed by atoms with Crippen molar-refractivity contribution in [1.29, 1.82) is 0 Å². The lowest BCUT2D eigenvalue weighted by atomic mass is 10.2. The summed E-state index contributed by atoms with van der Waals surface area (Å²) in [6.45, 7) is 9.89. The molecule has 1 aliphatic heterocycles. The van der Waals surface area contributed by atoms with E-state index in [0.717, 1.165) is 19.0 Å². The summed E-state index contributed by atoms with van der Waals surface area (Å²) in [5, 5.41) is 6.71. The van der Waals surface area contributed by atoms with Crippen LogP contribution in [0.4, 0.5) is 0 Å². The highest BCUT2D eigenvalue weighted by atomic mass is 127. The van der Waals surface area contributed by atoms with Crippen LogP contribution in [0.3, 0.4) is 0 Å². The van der Waals surface area contributed by atoms with Crippen molar-refractivity contribution in [2.45, 2.75) is 45.7 Å². The van der Waals surface area contributed by atoms with E-state index >= 15 is 0 Å². The van der Waals surface area contributed by atoms with Crippen LogP contribution < -0.4 is 10.6 Å². The first-order valence-corrected chi connectivity index (χ1v) is 6.38. The number of nitrogens with one attached hydrogen (secondary N) is 2. The normalized spacial score (nSPS) is 21.5. The van der Waals surface area contributed by atoms with E-state index in [9.17, 15) is 0 Å². The zero-order valence-corrected chi connectivity index (χ0v) is 13.8. The molecule has 4 nitrogen and oxygen atoms in total. The molecule has 1 aliphatic rings. The third-order valence-corrected chi connectivity index (χ3v) is 3.06. The molecular formula is C12H27IN4. The zero-order valence-electron chi connectivity index (χ0n) is 11.5. The van der Waals surface area contributed by atoms with Crippen molar-refractivity contribution in [2.24, 2.45) is 4.99 Å². The van der Waals surface area contributed by atoms with Crippen molar-refractivity contribution in [2.75, 3.05) is 26.7 Å². The van der Waals surface area contributed by atoms with Crippen LogP contribution in [0.1, 0.15) is 33.6 Å². The monoisotopic (exact) mass is 354 g/mol. The summed E-state index contributed by atoms with van der Waals surface area (Å²) in [7, 11) is 1.82. The molecule has 5 heteroatoms. The second-order valence-electron chi connectivity index (χ2n) is 4.68. The van der Waals surface area contributed by atoms with Gasteiger partial charge in [-0.2, -0.15) is 0 Å². The number of hydrogen-bond donors (Lipinski definition) is 2. The average Bonchev–Trinajstić information content (AvgIpc) is 2.70. The van der Waals surface area contributed by atoms with Crippen LogP contribution >= 0.6 is 24.0 Å². The quantitative estimate of drug-likeness (QED) is 0.458. The molecule has 1 atom stereocenters. The predicted octanol–water partition coefficient (Wildman–Crippen LogP) is 1.66. The predicted molar refractivity (Wildman–Crippen MR) is 85.3 cm³/mol. The maximum Gasteiger partial charge on any atom is 0.191 e. The number of likely N-dealkylation sites (N-methyl/N-ethyl adjacent to an activating group) is 1. The standard InChI is InChI=1S/C12H26N4.HI/c1-5-16-8-6-7-11(16)9-14-12(13-4)15-10(2)3;/h10-11H,5-9H2,1-4H3,(H2,13,14,15);1H. The van der Waals surface area contributed by atoms with E-state index in [0.29, 0.717) is 12.1 Å². The van der Waals surface area contributed by atoms with Gasteiger partial charge < -0.3 is 10.6 Å². The third kappa shape index (κ3) is 5.90. The Bertz CT molecular complexity index is 231. The number of nitrogens with zero attached hydrogens (tertiary/aromatic N) is 2. The molecule has 1 rings (SSSR count). The van der Waals surface area contributed by atoms with Crippen LogP contribution in [0.2, 0.25) is 0 Å². The molecule has 17 heavy (non-hydrogen) atoms. The molecule has 0 aromatic carbocycles. The van der Waals surface area contributed by atoms with E-state index in [1.807, 2.05) is 7.05 Å². The molecule has 2 N–H and O–H groups in total. The zero-order chi connectivity index (χ0) is 12.0. The lowest BCUT2D eigenvalue weighted by molar-refractivity contribution is 0.267. The molecule has 0 aliphatic carbocycles. The molecular weight excluding hydrogens is 327 g/mol. The second-order valence-corrected chi connectivity index (χ2v) is 4.68. The van der Waals surface area contributed by atoms with E-state index in [-0.39, 0.29) is 24.0 Å². The van der Waals surface area contributed by atoms with Crippen LogP contribution in [-0.4, -0.2) is 49.6 Å². The third-order valence-electron chi connectivity index (χ3n) is 3.06. The van der Waals surface area contributed by atoms with Gasteiger partial charge in [0, 0.05) is 25.7 Å². The lowest BCUT2D eigenvalue weighted by Crippen LogP contribution is -2.46. The Morgan fingerprint density at radius 3 is 2.71 bits per heavy atom. The molecule has 0 aromatic heterocycles. The van der Waals surface area contributed by atoms with Crippen LogP contribution in [0.25, 0.3) is 0 Å². The van der Waals surface area contributed by atoms with Gasteiger partial charge in [-0.15, -0.1) is 24.0 Å². The molecule has 0 spiro atoms. The van der Waals surface area contributed by atoms with E-state index < -0.39 is 0 Å². The van der Waals surface area contributed by atoms with Crippen molar-refractivity contribution in [1.82, 2.24) is 15.5 Å². The maximum atomic E-state index is 4.22. The topological polar surface area (TPSA) is 39.7 Å². The fourth-order valence-corrected chi connectivity index (χ4v) is 2.23. The van der Waals surface area contributed by atoms with Gasteiger partial charge in [-0.05, 0) is 39.8 Å². The molecule has 1 saturated heterocycles. The van der Waals surface area contributed by atoms with Gasteiger partial charge in [-0.25, -0.2) is 0 Å². The summed E-state index contributed by atoms with van der Waals surface area (Å²) in [5.41, 5.74) is 0. The highest BCUT2D eigenvalue weighted by Gasteiger charge is 2.22. The Labute approximate surface area is 123 Å². The highest BCUT2D eigenvalue weighted by Crippen LogP contribution is 2.15. The number of likely N-dealkylation sites (tertiary alicyclic amines) is 1. The van der Waals surface area contributed by atoms with E-state index in [4.69, 9.17) is 0 Å². The fraction of sp³-hybridized carbons (Fsp3) is 0.917. The molecule has 0 bridgehead atoms. The Balaban J connectivity index is 0.00000256. The minimum absolute atomic E-state index is 0. The molecule has 1 heterocycles. The van der Waals surface area contributed by atoms with Crippen molar-refractivity contribution in [3.63, 3.8) is 0 Å². The van der Waals surface area contributed by atoms with Gasteiger partial charge in [-0.3, -0.25) is 9.89 Å².